The molecule has 19 heavy (non-hydrogen) atoms. The van der Waals surface area contributed by atoms with Gasteiger partial charge in [-0.1, -0.05) is 35.9 Å². The van der Waals surface area contributed by atoms with Gasteiger partial charge in [0.05, 0.1) is 0 Å². The molecule has 2 N–H and O–H groups in total. The molecule has 0 bridgehead atoms. The minimum Gasteiger partial charge on any atom is -0.323 e. The van der Waals surface area contributed by atoms with Gasteiger partial charge in [-0.25, -0.2) is 0 Å². The summed E-state index contributed by atoms with van der Waals surface area (Å²) in [4.78, 5) is 1.20. The molecule has 100 valence electrons. The fraction of sp³-hybridized carbons (Fsp3) is 0.200. The molecule has 2 aromatic carbocycles. The van der Waals surface area contributed by atoms with Crippen molar-refractivity contribution in [3.63, 3.8) is 0 Å². The molecular weight excluding hydrogens is 342 g/mol. The Morgan fingerprint density at radius 3 is 2.68 bits per heavy atom. The van der Waals surface area contributed by atoms with Crippen LogP contribution >= 0.6 is 39.3 Å². The Kier molecular flexibility index (Phi) is 5.34. The SMILES string of the molecule is Cc1ccc(C(N)CSc2ccccc2Br)cc1Cl. The minimum absolute atomic E-state index is 0.0183. The summed E-state index contributed by atoms with van der Waals surface area (Å²) in [6.45, 7) is 1.99. The zero-order chi connectivity index (χ0) is 13.8. The van der Waals surface area contributed by atoms with Crippen LogP contribution in [0.3, 0.4) is 0 Å². The van der Waals surface area contributed by atoms with Gasteiger partial charge in [-0.2, -0.15) is 0 Å². The lowest BCUT2D eigenvalue weighted by Crippen LogP contribution is -2.13. The number of aryl methyl sites for hydroxylation is 1. The molecule has 0 aliphatic carbocycles. The monoisotopic (exact) mass is 355 g/mol. The van der Waals surface area contributed by atoms with Crippen LogP contribution in [0.4, 0.5) is 0 Å². The van der Waals surface area contributed by atoms with Crippen LogP contribution in [0.25, 0.3) is 0 Å². The van der Waals surface area contributed by atoms with Crippen LogP contribution in [0.5, 0.6) is 0 Å². The fourth-order valence-electron chi connectivity index (χ4n) is 1.68. The first-order chi connectivity index (χ1) is 9.08. The summed E-state index contributed by atoms with van der Waals surface area (Å²) in [6.07, 6.45) is 0. The molecule has 0 heterocycles. The quantitative estimate of drug-likeness (QED) is 0.762. The van der Waals surface area contributed by atoms with E-state index in [4.69, 9.17) is 17.3 Å². The average molecular weight is 357 g/mol. The largest absolute Gasteiger partial charge is 0.323 e. The van der Waals surface area contributed by atoms with Gasteiger partial charge < -0.3 is 5.73 Å². The molecule has 1 unspecified atom stereocenters. The molecular formula is C15H15BrClNS. The predicted molar refractivity (Wildman–Crippen MR) is 88.0 cm³/mol. The second-order valence-electron chi connectivity index (χ2n) is 4.36. The van der Waals surface area contributed by atoms with Gasteiger partial charge >= 0.3 is 0 Å². The summed E-state index contributed by atoms with van der Waals surface area (Å²) >= 11 is 11.4. The maximum Gasteiger partial charge on any atom is 0.0438 e. The van der Waals surface area contributed by atoms with Crippen LogP contribution in [0.1, 0.15) is 17.2 Å². The number of rotatable bonds is 4. The van der Waals surface area contributed by atoms with E-state index in [9.17, 15) is 0 Å². The Hall–Kier alpha value is -0.480. The zero-order valence-electron chi connectivity index (χ0n) is 10.6. The lowest BCUT2D eigenvalue weighted by Gasteiger charge is -2.13. The van der Waals surface area contributed by atoms with Crippen LogP contribution in [0.15, 0.2) is 51.8 Å². The van der Waals surface area contributed by atoms with Crippen molar-refractivity contribution in [3.8, 4) is 0 Å². The lowest BCUT2D eigenvalue weighted by molar-refractivity contribution is 0.830. The maximum absolute atomic E-state index is 6.22. The van der Waals surface area contributed by atoms with E-state index in [0.717, 1.165) is 26.4 Å². The van der Waals surface area contributed by atoms with Crippen molar-refractivity contribution in [2.45, 2.75) is 17.9 Å². The van der Waals surface area contributed by atoms with E-state index >= 15 is 0 Å². The van der Waals surface area contributed by atoms with E-state index in [0.29, 0.717) is 0 Å². The summed E-state index contributed by atoms with van der Waals surface area (Å²) in [6, 6.07) is 14.2. The van der Waals surface area contributed by atoms with Gasteiger partial charge in [0.1, 0.15) is 0 Å². The molecule has 0 aromatic heterocycles. The van der Waals surface area contributed by atoms with Crippen molar-refractivity contribution in [2.75, 3.05) is 5.75 Å². The normalized spacial score (nSPS) is 12.4. The van der Waals surface area contributed by atoms with Gasteiger partial charge in [-0.3, -0.25) is 0 Å². The van der Waals surface area contributed by atoms with Crippen LogP contribution in [0, 0.1) is 6.92 Å². The number of benzene rings is 2. The molecule has 0 aliphatic rings. The Bertz CT molecular complexity index is 574. The molecule has 0 radical (unpaired) electrons. The number of thioether (sulfide) groups is 1. The first-order valence-corrected chi connectivity index (χ1v) is 8.12. The molecule has 0 saturated heterocycles. The van der Waals surface area contributed by atoms with Crippen molar-refractivity contribution in [1.82, 2.24) is 0 Å². The van der Waals surface area contributed by atoms with Gasteiger partial charge in [0.15, 0.2) is 0 Å². The van der Waals surface area contributed by atoms with Gasteiger partial charge in [0.2, 0.25) is 0 Å². The van der Waals surface area contributed by atoms with Crippen molar-refractivity contribution < 1.29 is 0 Å². The molecule has 0 amide bonds. The van der Waals surface area contributed by atoms with Crippen LogP contribution in [0.2, 0.25) is 5.02 Å². The van der Waals surface area contributed by atoms with Crippen LogP contribution in [-0.2, 0) is 0 Å². The van der Waals surface area contributed by atoms with E-state index in [1.807, 2.05) is 43.3 Å². The lowest BCUT2D eigenvalue weighted by atomic mass is 10.1. The van der Waals surface area contributed by atoms with Crippen molar-refractivity contribution in [2.24, 2.45) is 5.73 Å². The first-order valence-electron chi connectivity index (χ1n) is 5.97. The predicted octanol–water partition coefficient (Wildman–Crippen LogP) is 5.20. The molecule has 2 aromatic rings. The molecule has 0 aliphatic heterocycles. The molecule has 2 rings (SSSR count). The molecule has 0 spiro atoms. The summed E-state index contributed by atoms with van der Waals surface area (Å²) < 4.78 is 1.11. The van der Waals surface area contributed by atoms with Gasteiger partial charge in [0, 0.05) is 26.2 Å². The third kappa shape index (κ3) is 3.99. The highest BCUT2D eigenvalue weighted by Crippen LogP contribution is 2.30. The Balaban J connectivity index is 2.03. The Morgan fingerprint density at radius 2 is 2.00 bits per heavy atom. The van der Waals surface area contributed by atoms with E-state index in [2.05, 4.69) is 22.0 Å². The van der Waals surface area contributed by atoms with Crippen LogP contribution < -0.4 is 5.73 Å². The summed E-state index contributed by atoms with van der Waals surface area (Å²) in [5, 5.41) is 0.777. The second kappa shape index (κ2) is 6.80. The van der Waals surface area contributed by atoms with E-state index in [1.54, 1.807) is 11.8 Å². The standard InChI is InChI=1S/C15H15BrClNS/c1-10-6-7-11(8-13(10)17)14(18)9-19-15-5-3-2-4-12(15)16/h2-8,14H,9,18H2,1H3. The van der Waals surface area contributed by atoms with Crippen molar-refractivity contribution in [3.05, 3.63) is 63.1 Å². The van der Waals surface area contributed by atoms with E-state index < -0.39 is 0 Å². The van der Waals surface area contributed by atoms with Crippen molar-refractivity contribution in [1.29, 1.82) is 0 Å². The molecule has 1 nitrogen and oxygen atoms in total. The van der Waals surface area contributed by atoms with Crippen LogP contribution in [-0.4, -0.2) is 5.75 Å². The highest BCUT2D eigenvalue weighted by molar-refractivity contribution is 9.10. The third-order valence-electron chi connectivity index (χ3n) is 2.88. The Labute approximate surface area is 131 Å². The average Bonchev–Trinajstić information content (AvgIpc) is 2.40. The number of nitrogens with two attached hydrogens (primary N) is 1. The third-order valence-corrected chi connectivity index (χ3v) is 5.43. The van der Waals surface area contributed by atoms with Crippen molar-refractivity contribution >= 4 is 39.3 Å². The summed E-state index contributed by atoms with van der Waals surface area (Å²) in [5.41, 5.74) is 8.38. The summed E-state index contributed by atoms with van der Waals surface area (Å²) in [5.74, 6) is 0.821. The van der Waals surface area contributed by atoms with Gasteiger partial charge in [-0.05, 0) is 52.2 Å². The highest BCUT2D eigenvalue weighted by atomic mass is 79.9. The zero-order valence-corrected chi connectivity index (χ0v) is 13.7. The van der Waals surface area contributed by atoms with Gasteiger partial charge in [0.25, 0.3) is 0 Å². The number of hydrogen-bond donors (Lipinski definition) is 1. The number of hydrogen-bond acceptors (Lipinski definition) is 2. The molecule has 4 heteroatoms. The topological polar surface area (TPSA) is 26.0 Å². The maximum atomic E-state index is 6.22. The highest BCUT2D eigenvalue weighted by Gasteiger charge is 2.09. The fourth-order valence-corrected chi connectivity index (χ4v) is 3.43. The minimum atomic E-state index is -0.0183. The molecule has 1 atom stereocenters. The Morgan fingerprint density at radius 1 is 1.26 bits per heavy atom. The van der Waals surface area contributed by atoms with E-state index in [-0.39, 0.29) is 6.04 Å². The van der Waals surface area contributed by atoms with Gasteiger partial charge in [-0.15, -0.1) is 11.8 Å². The molecule has 0 saturated carbocycles. The molecule has 0 fully saturated rings. The first kappa shape index (κ1) is 14.9. The smallest absolute Gasteiger partial charge is 0.0438 e. The second-order valence-corrected chi connectivity index (χ2v) is 6.68. The van der Waals surface area contributed by atoms with E-state index in [1.165, 1.54) is 4.90 Å². The number of halogens is 2. The summed E-state index contributed by atoms with van der Waals surface area (Å²) in [7, 11) is 0.